The van der Waals surface area contributed by atoms with Gasteiger partial charge in [0.25, 0.3) is 0 Å². The van der Waals surface area contributed by atoms with Crippen molar-refractivity contribution < 1.29 is 17.9 Å². The van der Waals surface area contributed by atoms with Crippen LogP contribution in [0.3, 0.4) is 0 Å². The van der Waals surface area contributed by atoms with Crippen molar-refractivity contribution in [3.63, 3.8) is 0 Å². The Morgan fingerprint density at radius 3 is 2.36 bits per heavy atom. The molecule has 1 atom stereocenters. The number of ether oxygens (including phenoxy) is 1. The number of thioether (sulfide) groups is 1. The van der Waals surface area contributed by atoms with Gasteiger partial charge in [-0.2, -0.15) is 16.5 Å². The van der Waals surface area contributed by atoms with Gasteiger partial charge in [-0.15, -0.1) is 0 Å². The van der Waals surface area contributed by atoms with Crippen LogP contribution in [0.25, 0.3) is 0 Å². The number of hydrogen-bond donors (Lipinski definition) is 2. The summed E-state index contributed by atoms with van der Waals surface area (Å²) in [5, 5.41) is 3.19. The third-order valence-electron chi connectivity index (χ3n) is 3.78. The van der Waals surface area contributed by atoms with Crippen LogP contribution >= 0.6 is 23.4 Å². The smallest absolute Gasteiger partial charge is 0.242 e. The van der Waals surface area contributed by atoms with Gasteiger partial charge in [0.2, 0.25) is 15.9 Å². The summed E-state index contributed by atoms with van der Waals surface area (Å²) in [6.07, 6.45) is 2.26. The lowest BCUT2D eigenvalue weighted by atomic mass is 10.2. The molecular weight excluding hydrogens is 420 g/mol. The quantitative estimate of drug-likeness (QED) is 0.585. The predicted molar refractivity (Wildman–Crippen MR) is 115 cm³/mol. The molecule has 0 aliphatic carbocycles. The Labute approximate surface area is 175 Å². The van der Waals surface area contributed by atoms with Gasteiger partial charge in [0.1, 0.15) is 11.8 Å². The third-order valence-corrected chi connectivity index (χ3v) is 6.16. The maximum Gasteiger partial charge on any atom is 0.242 e. The largest absolute Gasteiger partial charge is 0.494 e. The summed E-state index contributed by atoms with van der Waals surface area (Å²) in [5.74, 6) is 0.906. The van der Waals surface area contributed by atoms with Crippen LogP contribution in [0, 0.1) is 0 Å². The van der Waals surface area contributed by atoms with Gasteiger partial charge in [-0.1, -0.05) is 11.6 Å². The summed E-state index contributed by atoms with van der Waals surface area (Å²) in [6, 6.07) is 11.8. The van der Waals surface area contributed by atoms with Gasteiger partial charge in [-0.25, -0.2) is 8.42 Å². The SMILES string of the molecule is CCOc1ccc(NC(=O)C(CCSC)NS(=O)(=O)c2ccc(Cl)cc2)cc1. The van der Waals surface area contributed by atoms with Crippen molar-refractivity contribution in [3.8, 4) is 5.75 Å². The zero-order valence-corrected chi connectivity index (χ0v) is 18.0. The minimum absolute atomic E-state index is 0.0555. The van der Waals surface area contributed by atoms with Gasteiger partial charge in [0, 0.05) is 10.7 Å². The molecule has 2 rings (SSSR count). The molecule has 6 nitrogen and oxygen atoms in total. The van der Waals surface area contributed by atoms with E-state index in [0.717, 1.165) is 0 Å². The standard InChI is InChI=1S/C19H23ClN2O4S2/c1-3-26-16-8-6-15(7-9-16)21-19(23)18(12-13-27-2)22-28(24,25)17-10-4-14(20)5-11-17/h4-11,18,22H,3,12-13H2,1-2H3,(H,21,23). The number of anilines is 1. The molecule has 1 unspecified atom stereocenters. The molecule has 2 aromatic rings. The van der Waals surface area contributed by atoms with Crippen LogP contribution in [-0.2, 0) is 14.8 Å². The summed E-state index contributed by atoms with van der Waals surface area (Å²) >= 11 is 7.35. The lowest BCUT2D eigenvalue weighted by Crippen LogP contribution is -2.44. The molecule has 0 bridgehead atoms. The van der Waals surface area contributed by atoms with Crippen molar-refractivity contribution in [2.45, 2.75) is 24.3 Å². The summed E-state index contributed by atoms with van der Waals surface area (Å²) in [5.41, 5.74) is 0.563. The Hall–Kier alpha value is -1.74. The van der Waals surface area contributed by atoms with Crippen molar-refractivity contribution in [2.75, 3.05) is 23.9 Å². The van der Waals surface area contributed by atoms with E-state index in [9.17, 15) is 13.2 Å². The fourth-order valence-electron chi connectivity index (χ4n) is 2.38. The van der Waals surface area contributed by atoms with E-state index < -0.39 is 22.0 Å². The first-order valence-corrected chi connectivity index (χ1v) is 11.9. The molecule has 9 heteroatoms. The maximum atomic E-state index is 12.7. The topological polar surface area (TPSA) is 84.5 Å². The Morgan fingerprint density at radius 2 is 1.79 bits per heavy atom. The molecule has 2 N–H and O–H groups in total. The van der Waals surface area contributed by atoms with Crippen LogP contribution in [0.15, 0.2) is 53.4 Å². The number of benzene rings is 2. The highest BCUT2D eigenvalue weighted by Gasteiger charge is 2.25. The van der Waals surface area contributed by atoms with Gasteiger partial charge in [-0.05, 0) is 73.9 Å². The predicted octanol–water partition coefficient (Wildman–Crippen LogP) is 3.78. The van der Waals surface area contributed by atoms with E-state index in [1.54, 1.807) is 24.3 Å². The average Bonchev–Trinajstić information content (AvgIpc) is 2.67. The van der Waals surface area contributed by atoms with Gasteiger partial charge >= 0.3 is 0 Å². The molecule has 0 radical (unpaired) electrons. The monoisotopic (exact) mass is 442 g/mol. The summed E-state index contributed by atoms with van der Waals surface area (Å²) in [7, 11) is -3.86. The Kier molecular flexibility index (Phi) is 8.62. The van der Waals surface area contributed by atoms with Crippen molar-refractivity contribution in [1.82, 2.24) is 4.72 Å². The Balaban J connectivity index is 2.12. The van der Waals surface area contributed by atoms with E-state index in [1.165, 1.54) is 36.0 Å². The number of halogens is 1. The van der Waals surface area contributed by atoms with E-state index in [0.29, 0.717) is 35.2 Å². The first-order valence-electron chi connectivity index (χ1n) is 8.66. The van der Waals surface area contributed by atoms with Crippen LogP contribution < -0.4 is 14.8 Å². The second kappa shape index (κ2) is 10.7. The summed E-state index contributed by atoms with van der Waals surface area (Å²) in [6.45, 7) is 2.44. The fraction of sp³-hybridized carbons (Fsp3) is 0.316. The van der Waals surface area contributed by atoms with Crippen molar-refractivity contribution >= 4 is 45.0 Å². The molecule has 0 aliphatic rings. The van der Waals surface area contributed by atoms with E-state index in [-0.39, 0.29) is 4.90 Å². The molecular formula is C19H23ClN2O4S2. The van der Waals surface area contributed by atoms with E-state index in [4.69, 9.17) is 16.3 Å². The molecule has 0 fully saturated rings. The van der Waals surface area contributed by atoms with Crippen molar-refractivity contribution in [1.29, 1.82) is 0 Å². The molecule has 0 aromatic heterocycles. The second-order valence-electron chi connectivity index (χ2n) is 5.86. The van der Waals surface area contributed by atoms with Crippen LogP contribution in [-0.4, -0.2) is 39.0 Å². The first-order chi connectivity index (χ1) is 13.4. The molecule has 1 amide bonds. The Bertz CT molecular complexity index is 872. The lowest BCUT2D eigenvalue weighted by molar-refractivity contribution is -0.117. The number of carbonyl (C=O) groups is 1. The number of hydrogen-bond acceptors (Lipinski definition) is 5. The van der Waals surface area contributed by atoms with Gasteiger partial charge in [-0.3, -0.25) is 4.79 Å². The maximum absolute atomic E-state index is 12.7. The molecule has 152 valence electrons. The average molecular weight is 443 g/mol. The number of nitrogens with one attached hydrogen (secondary N) is 2. The fourth-order valence-corrected chi connectivity index (χ4v) is 4.21. The highest BCUT2D eigenvalue weighted by molar-refractivity contribution is 7.98. The minimum atomic E-state index is -3.86. The van der Waals surface area contributed by atoms with Crippen LogP contribution in [0.1, 0.15) is 13.3 Å². The van der Waals surface area contributed by atoms with Gasteiger partial charge in [0.15, 0.2) is 0 Å². The number of rotatable bonds is 10. The normalized spacial score (nSPS) is 12.4. The number of sulfonamides is 1. The lowest BCUT2D eigenvalue weighted by Gasteiger charge is -2.18. The molecule has 2 aromatic carbocycles. The molecule has 0 aliphatic heterocycles. The van der Waals surface area contributed by atoms with E-state index in [2.05, 4.69) is 10.0 Å². The second-order valence-corrected chi connectivity index (χ2v) is 8.99. The minimum Gasteiger partial charge on any atom is -0.494 e. The van der Waals surface area contributed by atoms with Crippen molar-refractivity contribution in [2.24, 2.45) is 0 Å². The van der Waals surface area contributed by atoms with E-state index >= 15 is 0 Å². The van der Waals surface area contributed by atoms with Crippen molar-refractivity contribution in [3.05, 3.63) is 53.6 Å². The van der Waals surface area contributed by atoms with Crippen LogP contribution in [0.2, 0.25) is 5.02 Å². The first kappa shape index (κ1) is 22.5. The highest BCUT2D eigenvalue weighted by Crippen LogP contribution is 2.18. The van der Waals surface area contributed by atoms with E-state index in [1.807, 2.05) is 13.2 Å². The molecule has 0 spiro atoms. The molecule has 0 saturated carbocycles. The highest BCUT2D eigenvalue weighted by atomic mass is 35.5. The zero-order valence-electron chi connectivity index (χ0n) is 15.6. The van der Waals surface area contributed by atoms with Crippen LogP contribution in [0.5, 0.6) is 5.75 Å². The number of carbonyl (C=O) groups excluding carboxylic acids is 1. The van der Waals surface area contributed by atoms with Crippen LogP contribution in [0.4, 0.5) is 5.69 Å². The third kappa shape index (κ3) is 6.70. The summed E-state index contributed by atoms with van der Waals surface area (Å²) in [4.78, 5) is 12.7. The zero-order chi connectivity index (χ0) is 20.6. The van der Waals surface area contributed by atoms with Gasteiger partial charge < -0.3 is 10.1 Å². The van der Waals surface area contributed by atoms with Gasteiger partial charge in [0.05, 0.1) is 11.5 Å². The number of amides is 1. The summed E-state index contributed by atoms with van der Waals surface area (Å²) < 4.78 is 33.1. The Morgan fingerprint density at radius 1 is 1.14 bits per heavy atom. The molecule has 0 heterocycles. The molecule has 28 heavy (non-hydrogen) atoms. The molecule has 0 saturated heterocycles.